The van der Waals surface area contributed by atoms with E-state index in [4.69, 9.17) is 4.74 Å². The Morgan fingerprint density at radius 3 is 1.44 bits per heavy atom. The largest absolute Gasteiger partial charge is 0.466 e. The molecule has 0 N–H and O–H groups in total. The van der Waals surface area contributed by atoms with Crippen molar-refractivity contribution in [2.45, 2.75) is 136 Å². The number of carbonyl (C=O) groups excluding carboxylic acids is 1. The molecule has 0 atom stereocenters. The van der Waals surface area contributed by atoms with Crippen LogP contribution in [0.25, 0.3) is 0 Å². The number of allylic oxidation sites excluding steroid dienone is 2. The molecule has 0 radical (unpaired) electrons. The van der Waals surface area contributed by atoms with Crippen LogP contribution in [0, 0.1) is 0 Å². The normalized spacial score (nSPS) is 11.3. The van der Waals surface area contributed by atoms with Crippen LogP contribution in [0.1, 0.15) is 136 Å². The van der Waals surface area contributed by atoms with Crippen molar-refractivity contribution in [3.05, 3.63) is 12.2 Å². The second-order valence-electron chi connectivity index (χ2n) is 7.91. The molecule has 0 saturated heterocycles. The van der Waals surface area contributed by atoms with Crippen LogP contribution in [0.3, 0.4) is 0 Å². The van der Waals surface area contributed by atoms with Crippen LogP contribution in [-0.2, 0) is 9.53 Å². The van der Waals surface area contributed by atoms with Crippen LogP contribution >= 0.6 is 0 Å². The smallest absolute Gasteiger partial charge is 0.305 e. The van der Waals surface area contributed by atoms with E-state index in [1.807, 2.05) is 6.92 Å². The van der Waals surface area contributed by atoms with E-state index in [1.54, 1.807) is 0 Å². The highest BCUT2D eigenvalue weighted by atomic mass is 16.5. The van der Waals surface area contributed by atoms with Crippen molar-refractivity contribution in [1.29, 1.82) is 0 Å². The maximum Gasteiger partial charge on any atom is 0.305 e. The van der Waals surface area contributed by atoms with Gasteiger partial charge < -0.3 is 4.74 Å². The summed E-state index contributed by atoms with van der Waals surface area (Å²) in [5, 5.41) is 0. The summed E-state index contributed by atoms with van der Waals surface area (Å²) in [7, 11) is 0. The standard InChI is InChI=1S/C25H48O2/c1-3-5-6-7-8-9-10-11-12-13-14-15-16-17-18-19-20-21-22-23-24-25(26)27-4-2/h11-12H,3-10,13-24H2,1-2H3/b12-11-. The average molecular weight is 381 g/mol. The molecule has 0 aromatic heterocycles. The fraction of sp³-hybridized carbons (Fsp3) is 0.880. The van der Waals surface area contributed by atoms with Gasteiger partial charge in [-0.25, -0.2) is 0 Å². The number of ether oxygens (including phenoxy) is 1. The molecule has 0 spiro atoms. The van der Waals surface area contributed by atoms with E-state index in [-0.39, 0.29) is 5.97 Å². The van der Waals surface area contributed by atoms with Crippen molar-refractivity contribution in [2.75, 3.05) is 6.61 Å². The lowest BCUT2D eigenvalue weighted by Gasteiger charge is -2.03. The molecule has 0 rings (SSSR count). The third kappa shape index (κ3) is 23.2. The minimum Gasteiger partial charge on any atom is -0.466 e. The Bertz CT molecular complexity index is 322. The van der Waals surface area contributed by atoms with Crippen molar-refractivity contribution in [2.24, 2.45) is 0 Å². The summed E-state index contributed by atoms with van der Waals surface area (Å²) in [4.78, 5) is 11.2. The van der Waals surface area contributed by atoms with Gasteiger partial charge in [0.25, 0.3) is 0 Å². The lowest BCUT2D eigenvalue weighted by Crippen LogP contribution is -2.03. The van der Waals surface area contributed by atoms with Crippen LogP contribution < -0.4 is 0 Å². The number of hydrogen-bond acceptors (Lipinski definition) is 2. The first-order chi connectivity index (χ1) is 13.3. The van der Waals surface area contributed by atoms with E-state index in [1.165, 1.54) is 109 Å². The second kappa shape index (κ2) is 23.2. The summed E-state index contributed by atoms with van der Waals surface area (Å²) in [6.07, 6.45) is 29.4. The molecule has 2 heteroatoms. The van der Waals surface area contributed by atoms with Gasteiger partial charge in [-0.3, -0.25) is 4.79 Å². The monoisotopic (exact) mass is 380 g/mol. The van der Waals surface area contributed by atoms with Gasteiger partial charge in [-0.05, 0) is 39.0 Å². The summed E-state index contributed by atoms with van der Waals surface area (Å²) < 4.78 is 4.94. The van der Waals surface area contributed by atoms with Gasteiger partial charge in [0, 0.05) is 6.42 Å². The molecule has 27 heavy (non-hydrogen) atoms. The molecular formula is C25H48O2. The van der Waals surface area contributed by atoms with E-state index in [2.05, 4.69) is 19.1 Å². The first-order valence-corrected chi connectivity index (χ1v) is 12.1. The van der Waals surface area contributed by atoms with E-state index < -0.39 is 0 Å². The Labute approximate surface area is 170 Å². The fourth-order valence-electron chi connectivity index (χ4n) is 3.46. The molecule has 0 unspecified atom stereocenters. The Balaban J connectivity index is 3.10. The van der Waals surface area contributed by atoms with E-state index in [0.29, 0.717) is 13.0 Å². The zero-order chi connectivity index (χ0) is 19.8. The van der Waals surface area contributed by atoms with Gasteiger partial charge in [0.2, 0.25) is 0 Å². The van der Waals surface area contributed by atoms with Crippen molar-refractivity contribution >= 4 is 5.97 Å². The van der Waals surface area contributed by atoms with Crippen molar-refractivity contribution in [3.8, 4) is 0 Å². The molecule has 0 heterocycles. The van der Waals surface area contributed by atoms with E-state index in [9.17, 15) is 4.79 Å². The van der Waals surface area contributed by atoms with Gasteiger partial charge in [-0.2, -0.15) is 0 Å². The topological polar surface area (TPSA) is 26.3 Å². The second-order valence-corrected chi connectivity index (χ2v) is 7.91. The zero-order valence-corrected chi connectivity index (χ0v) is 18.6. The van der Waals surface area contributed by atoms with Gasteiger partial charge >= 0.3 is 5.97 Å². The number of esters is 1. The predicted molar refractivity (Wildman–Crippen MR) is 119 cm³/mol. The Hall–Kier alpha value is -0.790. The highest BCUT2D eigenvalue weighted by molar-refractivity contribution is 5.69. The first kappa shape index (κ1) is 26.2. The summed E-state index contributed by atoms with van der Waals surface area (Å²) >= 11 is 0. The summed E-state index contributed by atoms with van der Waals surface area (Å²) in [6, 6.07) is 0. The van der Waals surface area contributed by atoms with Crippen LogP contribution in [0.5, 0.6) is 0 Å². The van der Waals surface area contributed by atoms with E-state index >= 15 is 0 Å². The molecule has 2 nitrogen and oxygen atoms in total. The summed E-state index contributed by atoms with van der Waals surface area (Å²) in [5.41, 5.74) is 0. The quantitative estimate of drug-likeness (QED) is 0.113. The van der Waals surface area contributed by atoms with Gasteiger partial charge in [-0.15, -0.1) is 0 Å². The lowest BCUT2D eigenvalue weighted by molar-refractivity contribution is -0.143. The molecule has 0 aliphatic rings. The molecule has 0 fully saturated rings. The number of hydrogen-bond donors (Lipinski definition) is 0. The van der Waals surface area contributed by atoms with Gasteiger partial charge in [0.05, 0.1) is 6.61 Å². The number of rotatable bonds is 21. The van der Waals surface area contributed by atoms with Crippen molar-refractivity contribution in [3.63, 3.8) is 0 Å². The van der Waals surface area contributed by atoms with Crippen LogP contribution in [0.2, 0.25) is 0 Å². The van der Waals surface area contributed by atoms with Crippen molar-refractivity contribution in [1.82, 2.24) is 0 Å². The Morgan fingerprint density at radius 1 is 0.593 bits per heavy atom. The molecule has 0 aliphatic heterocycles. The molecular weight excluding hydrogens is 332 g/mol. The maximum absolute atomic E-state index is 11.2. The third-order valence-electron chi connectivity index (χ3n) is 5.20. The maximum atomic E-state index is 11.2. The molecule has 0 aromatic carbocycles. The molecule has 0 aliphatic carbocycles. The van der Waals surface area contributed by atoms with Crippen LogP contribution in [0.15, 0.2) is 12.2 Å². The minimum atomic E-state index is -0.0326. The summed E-state index contributed by atoms with van der Waals surface area (Å²) in [5.74, 6) is -0.0326. The average Bonchev–Trinajstić information content (AvgIpc) is 2.66. The van der Waals surface area contributed by atoms with Gasteiger partial charge in [0.15, 0.2) is 0 Å². The Morgan fingerprint density at radius 2 is 1.00 bits per heavy atom. The van der Waals surface area contributed by atoms with Crippen LogP contribution in [0.4, 0.5) is 0 Å². The highest BCUT2D eigenvalue weighted by Gasteiger charge is 2.00. The predicted octanol–water partition coefficient (Wildman–Crippen LogP) is 8.54. The van der Waals surface area contributed by atoms with Gasteiger partial charge in [0.1, 0.15) is 0 Å². The molecule has 160 valence electrons. The SMILES string of the molecule is CCCCCCCC/C=C\CCCCCCCCCCCCC(=O)OCC. The third-order valence-corrected chi connectivity index (χ3v) is 5.20. The Kier molecular flexibility index (Phi) is 22.6. The van der Waals surface area contributed by atoms with E-state index in [0.717, 1.165) is 6.42 Å². The number of unbranched alkanes of at least 4 members (excludes halogenated alkanes) is 16. The van der Waals surface area contributed by atoms with Gasteiger partial charge in [-0.1, -0.05) is 103 Å². The minimum absolute atomic E-state index is 0.0326. The first-order valence-electron chi connectivity index (χ1n) is 12.1. The molecule has 0 bridgehead atoms. The summed E-state index contributed by atoms with van der Waals surface area (Å²) in [6.45, 7) is 4.65. The highest BCUT2D eigenvalue weighted by Crippen LogP contribution is 2.13. The number of carbonyl (C=O) groups is 1. The fourth-order valence-corrected chi connectivity index (χ4v) is 3.46. The molecule has 0 amide bonds. The molecule has 0 aromatic rings. The van der Waals surface area contributed by atoms with Crippen LogP contribution in [-0.4, -0.2) is 12.6 Å². The molecule has 0 saturated carbocycles. The van der Waals surface area contributed by atoms with Crippen molar-refractivity contribution < 1.29 is 9.53 Å². The zero-order valence-electron chi connectivity index (χ0n) is 18.6. The lowest BCUT2D eigenvalue weighted by atomic mass is 10.0.